The molecular formula is C12H13F2NO2. The van der Waals surface area contributed by atoms with Crippen LogP contribution in [-0.4, -0.2) is 13.2 Å². The minimum Gasteiger partial charge on any atom is -0.493 e. The molecule has 0 heterocycles. The van der Waals surface area contributed by atoms with Gasteiger partial charge in [0.05, 0.1) is 12.7 Å². The second-order valence-electron chi connectivity index (χ2n) is 3.24. The molecule has 0 atom stereocenters. The largest absolute Gasteiger partial charge is 0.493 e. The van der Waals surface area contributed by atoms with E-state index in [1.165, 1.54) is 12.1 Å². The fraction of sp³-hybridized carbons (Fsp3) is 0.417. The average Bonchev–Trinajstić information content (AvgIpc) is 2.28. The van der Waals surface area contributed by atoms with Crippen LogP contribution in [0, 0.1) is 11.3 Å². The quantitative estimate of drug-likeness (QED) is 0.768. The van der Waals surface area contributed by atoms with E-state index in [2.05, 4.69) is 4.74 Å². The van der Waals surface area contributed by atoms with Crippen molar-refractivity contribution in [2.75, 3.05) is 6.61 Å². The Morgan fingerprint density at radius 2 is 2.18 bits per heavy atom. The zero-order valence-corrected chi connectivity index (χ0v) is 9.45. The summed E-state index contributed by atoms with van der Waals surface area (Å²) < 4.78 is 33.7. The van der Waals surface area contributed by atoms with E-state index in [9.17, 15) is 8.78 Å². The summed E-state index contributed by atoms with van der Waals surface area (Å²) in [5.41, 5.74) is 0.815. The Hall–Kier alpha value is -1.83. The summed E-state index contributed by atoms with van der Waals surface area (Å²) in [4.78, 5) is 0. The maximum Gasteiger partial charge on any atom is 0.387 e. The molecule has 1 rings (SSSR count). The first-order valence-electron chi connectivity index (χ1n) is 5.24. The number of aryl methyl sites for hydroxylation is 1. The molecule has 0 aromatic heterocycles. The lowest BCUT2D eigenvalue weighted by Crippen LogP contribution is -2.03. The van der Waals surface area contributed by atoms with Crippen LogP contribution >= 0.6 is 0 Å². The fourth-order valence-electron chi connectivity index (χ4n) is 1.40. The monoisotopic (exact) mass is 241 g/mol. The van der Waals surface area contributed by atoms with Crippen LogP contribution < -0.4 is 9.47 Å². The third-order valence-electron chi connectivity index (χ3n) is 2.07. The van der Waals surface area contributed by atoms with Crippen molar-refractivity contribution >= 4 is 0 Å². The summed E-state index contributed by atoms with van der Waals surface area (Å²) in [6, 6.07) is 6.53. The highest BCUT2D eigenvalue weighted by Gasteiger charge is 2.09. The standard InChI is InChI=1S/C12H13F2NO2/c1-2-16-11-8-10(17-12(13)14)6-5-9(11)4-3-7-15/h5-6,8,12H,2-4H2,1H3. The summed E-state index contributed by atoms with van der Waals surface area (Å²) in [5.74, 6) is 0.546. The van der Waals surface area contributed by atoms with E-state index < -0.39 is 6.61 Å². The second kappa shape index (κ2) is 6.69. The number of nitrogens with zero attached hydrogens (tertiary/aromatic N) is 1. The van der Waals surface area contributed by atoms with Gasteiger partial charge in [0.2, 0.25) is 0 Å². The Morgan fingerprint density at radius 1 is 1.41 bits per heavy atom. The molecule has 1 aromatic rings. The van der Waals surface area contributed by atoms with Crippen LogP contribution in [0.15, 0.2) is 18.2 Å². The van der Waals surface area contributed by atoms with Crippen molar-refractivity contribution in [3.8, 4) is 17.6 Å². The third-order valence-corrected chi connectivity index (χ3v) is 2.07. The first-order valence-corrected chi connectivity index (χ1v) is 5.24. The van der Waals surface area contributed by atoms with Crippen molar-refractivity contribution in [1.82, 2.24) is 0 Å². The molecule has 0 unspecified atom stereocenters. The molecule has 5 heteroatoms. The number of rotatable bonds is 6. The van der Waals surface area contributed by atoms with Crippen molar-refractivity contribution < 1.29 is 18.3 Å². The van der Waals surface area contributed by atoms with Gasteiger partial charge in [-0.1, -0.05) is 6.07 Å². The van der Waals surface area contributed by atoms with E-state index in [-0.39, 0.29) is 5.75 Å². The predicted octanol–water partition coefficient (Wildman–Crippen LogP) is 3.14. The van der Waals surface area contributed by atoms with E-state index >= 15 is 0 Å². The van der Waals surface area contributed by atoms with Crippen molar-refractivity contribution in [2.45, 2.75) is 26.4 Å². The summed E-state index contributed by atoms with van der Waals surface area (Å²) in [6.45, 7) is -0.624. The first-order chi connectivity index (χ1) is 8.17. The van der Waals surface area contributed by atoms with E-state index in [4.69, 9.17) is 10.00 Å². The van der Waals surface area contributed by atoms with Crippen LogP contribution in [0.5, 0.6) is 11.5 Å². The van der Waals surface area contributed by atoms with Crippen LogP contribution in [0.2, 0.25) is 0 Å². The van der Waals surface area contributed by atoms with Gasteiger partial charge in [0.1, 0.15) is 11.5 Å². The highest BCUT2D eigenvalue weighted by molar-refractivity contribution is 5.41. The predicted molar refractivity (Wildman–Crippen MR) is 58.2 cm³/mol. The normalized spacial score (nSPS) is 10.1. The molecule has 92 valence electrons. The Balaban J connectivity index is 2.87. The lowest BCUT2D eigenvalue weighted by molar-refractivity contribution is -0.0499. The molecule has 0 amide bonds. The van der Waals surface area contributed by atoms with Gasteiger partial charge in [0.15, 0.2) is 0 Å². The molecule has 0 fully saturated rings. The van der Waals surface area contributed by atoms with E-state index in [0.717, 1.165) is 5.56 Å². The van der Waals surface area contributed by atoms with Crippen LogP contribution in [0.1, 0.15) is 18.9 Å². The van der Waals surface area contributed by atoms with E-state index in [1.54, 1.807) is 13.0 Å². The van der Waals surface area contributed by atoms with Gasteiger partial charge in [0, 0.05) is 12.5 Å². The highest BCUT2D eigenvalue weighted by Crippen LogP contribution is 2.27. The SMILES string of the molecule is CCOc1cc(OC(F)F)ccc1CCC#N. The Bertz CT molecular complexity index is 402. The molecule has 0 aliphatic carbocycles. The molecule has 0 N–H and O–H groups in total. The number of halogens is 2. The number of benzene rings is 1. The molecular weight excluding hydrogens is 228 g/mol. The molecule has 3 nitrogen and oxygen atoms in total. The number of nitriles is 1. The second-order valence-corrected chi connectivity index (χ2v) is 3.24. The van der Waals surface area contributed by atoms with Crippen LogP contribution in [0.4, 0.5) is 8.78 Å². The van der Waals surface area contributed by atoms with Gasteiger partial charge in [0.25, 0.3) is 0 Å². The van der Waals surface area contributed by atoms with Gasteiger partial charge < -0.3 is 9.47 Å². The Labute approximate surface area is 98.6 Å². The van der Waals surface area contributed by atoms with E-state index in [0.29, 0.717) is 25.2 Å². The topological polar surface area (TPSA) is 42.2 Å². The van der Waals surface area contributed by atoms with E-state index in [1.807, 2.05) is 6.07 Å². The minimum atomic E-state index is -2.85. The molecule has 0 saturated carbocycles. The number of ether oxygens (including phenoxy) is 2. The number of hydrogen-bond acceptors (Lipinski definition) is 3. The third kappa shape index (κ3) is 4.27. The van der Waals surface area contributed by atoms with Crippen molar-refractivity contribution in [3.05, 3.63) is 23.8 Å². The summed E-state index contributed by atoms with van der Waals surface area (Å²) in [7, 11) is 0. The fourth-order valence-corrected chi connectivity index (χ4v) is 1.40. The lowest BCUT2D eigenvalue weighted by Gasteiger charge is -2.11. The molecule has 0 aliphatic heterocycles. The molecule has 0 radical (unpaired) electrons. The Kier molecular flexibility index (Phi) is 5.21. The van der Waals surface area contributed by atoms with Crippen molar-refractivity contribution in [2.24, 2.45) is 0 Å². The van der Waals surface area contributed by atoms with Crippen molar-refractivity contribution in [1.29, 1.82) is 5.26 Å². The molecule has 0 saturated heterocycles. The Morgan fingerprint density at radius 3 is 2.76 bits per heavy atom. The number of hydrogen-bond donors (Lipinski definition) is 0. The van der Waals surface area contributed by atoms with Crippen LogP contribution in [-0.2, 0) is 6.42 Å². The zero-order chi connectivity index (χ0) is 12.7. The highest BCUT2D eigenvalue weighted by atomic mass is 19.3. The van der Waals surface area contributed by atoms with Crippen LogP contribution in [0.3, 0.4) is 0 Å². The zero-order valence-electron chi connectivity index (χ0n) is 9.45. The van der Waals surface area contributed by atoms with Gasteiger partial charge in [-0.15, -0.1) is 0 Å². The van der Waals surface area contributed by atoms with Gasteiger partial charge in [-0.05, 0) is 25.0 Å². The summed E-state index contributed by atoms with van der Waals surface area (Å²) in [6.07, 6.45) is 0.885. The van der Waals surface area contributed by atoms with Crippen molar-refractivity contribution in [3.63, 3.8) is 0 Å². The van der Waals surface area contributed by atoms with Gasteiger partial charge in [-0.2, -0.15) is 14.0 Å². The summed E-state index contributed by atoms with van der Waals surface area (Å²) >= 11 is 0. The minimum absolute atomic E-state index is 0.0594. The van der Waals surface area contributed by atoms with Gasteiger partial charge in [-0.3, -0.25) is 0 Å². The smallest absolute Gasteiger partial charge is 0.387 e. The van der Waals surface area contributed by atoms with Crippen LogP contribution in [0.25, 0.3) is 0 Å². The summed E-state index contributed by atoms with van der Waals surface area (Å²) in [5, 5.41) is 8.51. The molecule has 1 aromatic carbocycles. The molecule has 17 heavy (non-hydrogen) atoms. The maximum absolute atomic E-state index is 12.0. The molecule has 0 aliphatic rings. The molecule has 0 bridgehead atoms. The first kappa shape index (κ1) is 13.2. The average molecular weight is 241 g/mol. The number of alkyl halides is 2. The van der Waals surface area contributed by atoms with Gasteiger partial charge in [-0.25, -0.2) is 0 Å². The lowest BCUT2D eigenvalue weighted by atomic mass is 10.1. The maximum atomic E-state index is 12.0. The molecule has 0 spiro atoms. The van der Waals surface area contributed by atoms with Gasteiger partial charge >= 0.3 is 6.61 Å².